The van der Waals surface area contributed by atoms with E-state index in [2.05, 4.69) is 21.2 Å². The van der Waals surface area contributed by atoms with Crippen molar-refractivity contribution >= 4 is 21.8 Å². The molecule has 1 fully saturated rings. The third kappa shape index (κ3) is 4.32. The van der Waals surface area contributed by atoms with Crippen molar-refractivity contribution in [3.8, 4) is 0 Å². The van der Waals surface area contributed by atoms with Gasteiger partial charge in [0.1, 0.15) is 0 Å². The number of carbonyl (C=O) groups excluding carboxylic acids is 1. The molecule has 1 aliphatic carbocycles. The lowest BCUT2D eigenvalue weighted by molar-refractivity contribution is -0.121. The Morgan fingerprint density at radius 1 is 1.26 bits per heavy atom. The van der Waals surface area contributed by atoms with Crippen LogP contribution in [-0.2, 0) is 11.2 Å². The van der Waals surface area contributed by atoms with E-state index in [0.29, 0.717) is 18.9 Å². The van der Waals surface area contributed by atoms with Crippen LogP contribution in [-0.4, -0.2) is 18.5 Å². The summed E-state index contributed by atoms with van der Waals surface area (Å²) < 4.78 is 1.03. The summed E-state index contributed by atoms with van der Waals surface area (Å²) in [6.45, 7) is 0.670. The van der Waals surface area contributed by atoms with Crippen LogP contribution in [0.4, 0.5) is 0 Å². The van der Waals surface area contributed by atoms with E-state index >= 15 is 0 Å². The summed E-state index contributed by atoms with van der Waals surface area (Å²) in [5.41, 5.74) is 6.82. The molecule has 1 aliphatic rings. The number of nitrogens with two attached hydrogens (primary N) is 1. The number of carbonyl (C=O) groups is 1. The van der Waals surface area contributed by atoms with Gasteiger partial charge < -0.3 is 11.1 Å². The Bertz CT molecular complexity index is 419. The lowest BCUT2D eigenvalue weighted by Gasteiger charge is -2.31. The number of nitrogens with one attached hydrogen (secondary N) is 1. The molecule has 3 N–H and O–H groups in total. The molecular formula is C15H21BrN2O. The Morgan fingerprint density at radius 3 is 2.63 bits per heavy atom. The number of hydrogen-bond donors (Lipinski definition) is 2. The van der Waals surface area contributed by atoms with Crippen molar-refractivity contribution < 1.29 is 4.79 Å². The van der Waals surface area contributed by atoms with E-state index in [1.807, 2.05) is 24.3 Å². The zero-order chi connectivity index (χ0) is 13.7. The van der Waals surface area contributed by atoms with Crippen LogP contribution in [0.25, 0.3) is 0 Å². The zero-order valence-electron chi connectivity index (χ0n) is 11.1. The van der Waals surface area contributed by atoms with E-state index in [1.54, 1.807) is 0 Å². The SMILES string of the molecule is NCC1CCCCC1NC(=O)Cc1ccc(Br)cc1. The van der Waals surface area contributed by atoms with Crippen LogP contribution in [0.15, 0.2) is 28.7 Å². The van der Waals surface area contributed by atoms with Crippen molar-refractivity contribution in [3.63, 3.8) is 0 Å². The molecule has 2 rings (SSSR count). The third-order valence-electron chi connectivity index (χ3n) is 3.84. The molecule has 0 aliphatic heterocycles. The third-order valence-corrected chi connectivity index (χ3v) is 4.36. The average molecular weight is 325 g/mol. The van der Waals surface area contributed by atoms with Gasteiger partial charge in [0.2, 0.25) is 5.91 Å². The number of rotatable bonds is 4. The molecule has 1 aromatic carbocycles. The van der Waals surface area contributed by atoms with Crippen molar-refractivity contribution in [2.45, 2.75) is 38.1 Å². The van der Waals surface area contributed by atoms with Gasteiger partial charge in [-0.3, -0.25) is 4.79 Å². The Morgan fingerprint density at radius 2 is 1.95 bits per heavy atom. The molecule has 4 heteroatoms. The van der Waals surface area contributed by atoms with E-state index < -0.39 is 0 Å². The summed E-state index contributed by atoms with van der Waals surface area (Å²) in [6.07, 6.45) is 5.08. The number of amides is 1. The second kappa shape index (κ2) is 7.06. The maximum atomic E-state index is 12.1. The molecule has 1 aromatic rings. The van der Waals surface area contributed by atoms with Gasteiger partial charge in [0.05, 0.1) is 6.42 Å². The van der Waals surface area contributed by atoms with Crippen molar-refractivity contribution in [3.05, 3.63) is 34.3 Å². The van der Waals surface area contributed by atoms with E-state index in [0.717, 1.165) is 22.9 Å². The van der Waals surface area contributed by atoms with Crippen LogP contribution < -0.4 is 11.1 Å². The Balaban J connectivity index is 1.88. The summed E-state index contributed by atoms with van der Waals surface area (Å²) in [4.78, 5) is 12.1. The highest BCUT2D eigenvalue weighted by molar-refractivity contribution is 9.10. The molecule has 0 saturated heterocycles. The minimum Gasteiger partial charge on any atom is -0.353 e. The van der Waals surface area contributed by atoms with Crippen molar-refractivity contribution in [1.29, 1.82) is 0 Å². The van der Waals surface area contributed by atoms with Crippen LogP contribution in [0.5, 0.6) is 0 Å². The molecule has 0 radical (unpaired) electrons. The average Bonchev–Trinajstić information content (AvgIpc) is 2.42. The van der Waals surface area contributed by atoms with Crippen LogP contribution in [0.2, 0.25) is 0 Å². The van der Waals surface area contributed by atoms with Crippen LogP contribution in [0.3, 0.4) is 0 Å². The highest BCUT2D eigenvalue weighted by Gasteiger charge is 2.25. The summed E-state index contributed by atoms with van der Waals surface area (Å²) in [5, 5.41) is 3.15. The van der Waals surface area contributed by atoms with Gasteiger partial charge >= 0.3 is 0 Å². The Kier molecular flexibility index (Phi) is 5.40. The highest BCUT2D eigenvalue weighted by Crippen LogP contribution is 2.23. The lowest BCUT2D eigenvalue weighted by atomic mass is 9.84. The number of hydrogen-bond acceptors (Lipinski definition) is 2. The van der Waals surface area contributed by atoms with Gasteiger partial charge in [0, 0.05) is 10.5 Å². The van der Waals surface area contributed by atoms with Crippen LogP contribution >= 0.6 is 15.9 Å². The van der Waals surface area contributed by atoms with Crippen molar-refractivity contribution in [2.75, 3.05) is 6.54 Å². The summed E-state index contributed by atoms with van der Waals surface area (Å²) >= 11 is 3.39. The Labute approximate surface area is 123 Å². The predicted molar refractivity (Wildman–Crippen MR) is 80.8 cm³/mol. The topological polar surface area (TPSA) is 55.1 Å². The van der Waals surface area contributed by atoms with E-state index in [1.165, 1.54) is 12.8 Å². The Hall–Kier alpha value is -0.870. The largest absolute Gasteiger partial charge is 0.353 e. The van der Waals surface area contributed by atoms with E-state index in [-0.39, 0.29) is 11.9 Å². The predicted octanol–water partition coefficient (Wildman–Crippen LogP) is 2.63. The molecule has 19 heavy (non-hydrogen) atoms. The van der Waals surface area contributed by atoms with Gasteiger partial charge in [-0.15, -0.1) is 0 Å². The zero-order valence-corrected chi connectivity index (χ0v) is 12.7. The quantitative estimate of drug-likeness (QED) is 0.894. The van der Waals surface area contributed by atoms with Gasteiger partial charge in [-0.1, -0.05) is 40.9 Å². The first-order valence-electron chi connectivity index (χ1n) is 6.93. The van der Waals surface area contributed by atoms with Crippen molar-refractivity contribution in [1.82, 2.24) is 5.32 Å². The van der Waals surface area contributed by atoms with Gasteiger partial charge in [-0.2, -0.15) is 0 Å². The molecule has 1 amide bonds. The van der Waals surface area contributed by atoms with E-state index in [4.69, 9.17) is 5.73 Å². The highest BCUT2D eigenvalue weighted by atomic mass is 79.9. The summed E-state index contributed by atoms with van der Waals surface area (Å²) in [7, 11) is 0. The molecule has 0 aromatic heterocycles. The fourth-order valence-electron chi connectivity index (χ4n) is 2.73. The van der Waals surface area contributed by atoms with Gasteiger partial charge in [-0.05, 0) is 43.0 Å². The van der Waals surface area contributed by atoms with E-state index in [9.17, 15) is 4.79 Å². The molecule has 1 saturated carbocycles. The fourth-order valence-corrected chi connectivity index (χ4v) is 2.99. The minimum atomic E-state index is 0.104. The monoisotopic (exact) mass is 324 g/mol. The normalized spacial score (nSPS) is 23.1. The second-order valence-electron chi connectivity index (χ2n) is 5.26. The minimum absolute atomic E-state index is 0.104. The standard InChI is InChI=1S/C15H21BrN2O/c16-13-7-5-11(6-8-13)9-15(19)18-14-4-2-1-3-12(14)10-17/h5-8,12,14H,1-4,9-10,17H2,(H,18,19). The lowest BCUT2D eigenvalue weighted by Crippen LogP contribution is -2.45. The second-order valence-corrected chi connectivity index (χ2v) is 6.17. The van der Waals surface area contributed by atoms with Crippen LogP contribution in [0, 0.1) is 5.92 Å². The number of halogens is 1. The first kappa shape index (κ1) is 14.5. The van der Waals surface area contributed by atoms with Crippen molar-refractivity contribution in [2.24, 2.45) is 11.7 Å². The summed E-state index contributed by atoms with van der Waals surface area (Å²) in [5.74, 6) is 0.551. The smallest absolute Gasteiger partial charge is 0.224 e. The molecular weight excluding hydrogens is 304 g/mol. The fraction of sp³-hybridized carbons (Fsp3) is 0.533. The van der Waals surface area contributed by atoms with Gasteiger partial charge in [0.25, 0.3) is 0 Å². The first-order chi connectivity index (χ1) is 9.19. The molecule has 104 valence electrons. The maximum absolute atomic E-state index is 12.1. The summed E-state index contributed by atoms with van der Waals surface area (Å²) in [6, 6.07) is 8.15. The van der Waals surface area contributed by atoms with Crippen LogP contribution in [0.1, 0.15) is 31.2 Å². The maximum Gasteiger partial charge on any atom is 0.224 e. The number of benzene rings is 1. The molecule has 2 unspecified atom stereocenters. The molecule has 3 nitrogen and oxygen atoms in total. The molecule has 0 bridgehead atoms. The van der Waals surface area contributed by atoms with Gasteiger partial charge in [-0.25, -0.2) is 0 Å². The molecule has 0 heterocycles. The first-order valence-corrected chi connectivity index (χ1v) is 7.72. The molecule has 0 spiro atoms. The molecule has 2 atom stereocenters. The van der Waals surface area contributed by atoms with Gasteiger partial charge in [0.15, 0.2) is 0 Å².